The number of methoxy groups -OCH3 is 1. The third-order valence-corrected chi connectivity index (χ3v) is 2.51. The van der Waals surface area contributed by atoms with Crippen molar-refractivity contribution in [3.8, 4) is 0 Å². The second kappa shape index (κ2) is 4.37. The van der Waals surface area contributed by atoms with Gasteiger partial charge >= 0.3 is 0 Å². The number of aliphatic hydroxyl groups excluding tert-OH is 1. The van der Waals surface area contributed by atoms with Crippen molar-refractivity contribution in [1.29, 1.82) is 0 Å². The molecular formula is C9H19NO3. The van der Waals surface area contributed by atoms with Crippen LogP contribution >= 0.6 is 0 Å². The fourth-order valence-electron chi connectivity index (χ4n) is 1.74. The molecule has 4 nitrogen and oxygen atoms in total. The Morgan fingerprint density at radius 1 is 1.46 bits per heavy atom. The molecule has 0 bridgehead atoms. The van der Waals surface area contributed by atoms with Gasteiger partial charge in [0.1, 0.15) is 6.10 Å². The summed E-state index contributed by atoms with van der Waals surface area (Å²) in [5.74, 6) is 0. The summed E-state index contributed by atoms with van der Waals surface area (Å²) < 4.78 is 10.5. The first-order chi connectivity index (χ1) is 6.06. The van der Waals surface area contributed by atoms with Crippen molar-refractivity contribution in [1.82, 2.24) is 4.90 Å². The molecule has 0 spiro atoms. The largest absolute Gasteiger partial charge is 0.386 e. The lowest BCUT2D eigenvalue weighted by molar-refractivity contribution is -0.242. The van der Waals surface area contributed by atoms with E-state index in [0.29, 0.717) is 0 Å². The van der Waals surface area contributed by atoms with Crippen LogP contribution in [0.4, 0.5) is 0 Å². The SMILES string of the molecule is CO[C@H]1O[C@H](C)C[C@H](N(C)C)[C@H]1O. The fourth-order valence-corrected chi connectivity index (χ4v) is 1.74. The van der Waals surface area contributed by atoms with E-state index < -0.39 is 12.4 Å². The fraction of sp³-hybridized carbons (Fsp3) is 1.00. The van der Waals surface area contributed by atoms with Crippen molar-refractivity contribution in [3.63, 3.8) is 0 Å². The molecule has 0 aromatic rings. The standard InChI is InChI=1S/C9H19NO3/c1-6-5-7(10(2)3)8(11)9(12-4)13-6/h6-9,11H,5H2,1-4H3/t6-,7+,8-,9+/m1/s1. The highest BCUT2D eigenvalue weighted by Gasteiger charge is 2.37. The molecule has 0 amide bonds. The van der Waals surface area contributed by atoms with Crippen molar-refractivity contribution >= 4 is 0 Å². The zero-order valence-corrected chi connectivity index (χ0v) is 8.73. The maximum absolute atomic E-state index is 9.83. The van der Waals surface area contributed by atoms with Crippen molar-refractivity contribution in [3.05, 3.63) is 0 Å². The van der Waals surface area contributed by atoms with Gasteiger partial charge in [0.15, 0.2) is 6.29 Å². The summed E-state index contributed by atoms with van der Waals surface area (Å²) in [7, 11) is 5.47. The monoisotopic (exact) mass is 189 g/mol. The molecule has 78 valence electrons. The highest BCUT2D eigenvalue weighted by atomic mass is 16.7. The maximum Gasteiger partial charge on any atom is 0.184 e. The molecule has 1 aliphatic rings. The molecule has 1 saturated heterocycles. The van der Waals surface area contributed by atoms with E-state index in [2.05, 4.69) is 0 Å². The molecule has 1 fully saturated rings. The summed E-state index contributed by atoms with van der Waals surface area (Å²) in [6.45, 7) is 1.99. The number of nitrogens with zero attached hydrogens (tertiary/aromatic N) is 1. The second-order valence-corrected chi connectivity index (χ2v) is 3.81. The van der Waals surface area contributed by atoms with Gasteiger partial charge in [-0.15, -0.1) is 0 Å². The first-order valence-corrected chi connectivity index (χ1v) is 4.59. The number of rotatable bonds is 2. The van der Waals surface area contributed by atoms with Gasteiger partial charge in [0.2, 0.25) is 0 Å². The normalized spacial score (nSPS) is 41.1. The second-order valence-electron chi connectivity index (χ2n) is 3.81. The molecule has 1 N–H and O–H groups in total. The van der Waals surface area contributed by atoms with Crippen LogP contribution in [0.15, 0.2) is 0 Å². The summed E-state index contributed by atoms with van der Waals surface area (Å²) in [6.07, 6.45) is -0.0679. The Balaban J connectivity index is 2.63. The van der Waals surface area contributed by atoms with Crippen LogP contribution in [0.5, 0.6) is 0 Å². The lowest BCUT2D eigenvalue weighted by Gasteiger charge is -2.40. The smallest absolute Gasteiger partial charge is 0.184 e. The van der Waals surface area contributed by atoms with Crippen LogP contribution in [0.1, 0.15) is 13.3 Å². The molecule has 0 aromatic carbocycles. The number of likely N-dealkylation sites (N-methyl/N-ethyl adjacent to an activating group) is 1. The first kappa shape index (κ1) is 10.9. The van der Waals surface area contributed by atoms with Crippen LogP contribution in [0.2, 0.25) is 0 Å². The molecule has 0 unspecified atom stereocenters. The summed E-state index contributed by atoms with van der Waals surface area (Å²) in [5.41, 5.74) is 0. The predicted molar refractivity (Wildman–Crippen MR) is 49.4 cm³/mol. The summed E-state index contributed by atoms with van der Waals surface area (Å²) in [5, 5.41) is 9.83. The number of aliphatic hydroxyl groups is 1. The average Bonchev–Trinajstić information content (AvgIpc) is 2.08. The Kier molecular flexibility index (Phi) is 3.67. The lowest BCUT2D eigenvalue weighted by atomic mass is 9.99. The van der Waals surface area contributed by atoms with Crippen molar-refractivity contribution in [2.45, 2.75) is 37.9 Å². The highest BCUT2D eigenvalue weighted by molar-refractivity contribution is 4.84. The van der Waals surface area contributed by atoms with Gasteiger partial charge in [0.05, 0.1) is 6.10 Å². The minimum atomic E-state index is -0.559. The Hall–Kier alpha value is -0.160. The van der Waals surface area contributed by atoms with Gasteiger partial charge < -0.3 is 19.5 Å². The minimum absolute atomic E-state index is 0.119. The van der Waals surface area contributed by atoms with Gasteiger partial charge in [-0.05, 0) is 27.4 Å². The van der Waals surface area contributed by atoms with E-state index in [4.69, 9.17) is 9.47 Å². The minimum Gasteiger partial charge on any atom is -0.386 e. The number of ether oxygens (including phenoxy) is 2. The Labute approximate surface area is 79.4 Å². The van der Waals surface area contributed by atoms with Gasteiger partial charge in [0, 0.05) is 13.2 Å². The molecule has 13 heavy (non-hydrogen) atoms. The van der Waals surface area contributed by atoms with E-state index in [9.17, 15) is 5.11 Å². The predicted octanol–water partition coefficient (Wildman–Crippen LogP) is 0.0588. The average molecular weight is 189 g/mol. The topological polar surface area (TPSA) is 41.9 Å². The van der Waals surface area contributed by atoms with Gasteiger partial charge in [-0.2, -0.15) is 0 Å². The lowest BCUT2D eigenvalue weighted by Crippen LogP contribution is -2.53. The van der Waals surface area contributed by atoms with Crippen LogP contribution in [-0.4, -0.2) is 55.8 Å². The Morgan fingerprint density at radius 3 is 2.54 bits per heavy atom. The van der Waals surface area contributed by atoms with Gasteiger partial charge in [0.25, 0.3) is 0 Å². The first-order valence-electron chi connectivity index (χ1n) is 4.59. The molecule has 4 atom stereocenters. The van der Waals surface area contributed by atoms with E-state index in [-0.39, 0.29) is 12.1 Å². The van der Waals surface area contributed by atoms with Crippen LogP contribution in [-0.2, 0) is 9.47 Å². The van der Waals surface area contributed by atoms with Crippen LogP contribution in [0.25, 0.3) is 0 Å². The maximum atomic E-state index is 9.83. The van der Waals surface area contributed by atoms with E-state index in [1.165, 1.54) is 0 Å². The molecular weight excluding hydrogens is 170 g/mol. The van der Waals surface area contributed by atoms with E-state index >= 15 is 0 Å². The third-order valence-electron chi connectivity index (χ3n) is 2.51. The molecule has 4 heteroatoms. The molecule has 1 aliphatic heterocycles. The van der Waals surface area contributed by atoms with Crippen molar-refractivity contribution < 1.29 is 14.6 Å². The summed E-state index contributed by atoms with van der Waals surface area (Å²) in [4.78, 5) is 2.01. The molecule has 0 aromatic heterocycles. The van der Waals surface area contributed by atoms with E-state index in [0.717, 1.165) is 6.42 Å². The Bertz CT molecular complexity index is 163. The van der Waals surface area contributed by atoms with E-state index in [1.54, 1.807) is 7.11 Å². The van der Waals surface area contributed by atoms with Crippen molar-refractivity contribution in [2.24, 2.45) is 0 Å². The van der Waals surface area contributed by atoms with Crippen LogP contribution in [0, 0.1) is 0 Å². The number of hydrogen-bond donors (Lipinski definition) is 1. The zero-order valence-electron chi connectivity index (χ0n) is 8.73. The van der Waals surface area contributed by atoms with E-state index in [1.807, 2.05) is 25.9 Å². The zero-order chi connectivity index (χ0) is 10.0. The van der Waals surface area contributed by atoms with Gasteiger partial charge in [-0.3, -0.25) is 0 Å². The molecule has 1 heterocycles. The van der Waals surface area contributed by atoms with Crippen LogP contribution in [0.3, 0.4) is 0 Å². The number of hydrogen-bond acceptors (Lipinski definition) is 4. The van der Waals surface area contributed by atoms with Crippen LogP contribution < -0.4 is 0 Å². The Morgan fingerprint density at radius 2 is 2.08 bits per heavy atom. The molecule has 1 rings (SSSR count). The third kappa shape index (κ3) is 2.40. The van der Waals surface area contributed by atoms with Gasteiger partial charge in [-0.1, -0.05) is 0 Å². The highest BCUT2D eigenvalue weighted by Crippen LogP contribution is 2.23. The molecule has 0 radical (unpaired) electrons. The quantitative estimate of drug-likeness (QED) is 0.667. The molecule has 0 saturated carbocycles. The molecule has 0 aliphatic carbocycles. The van der Waals surface area contributed by atoms with Gasteiger partial charge in [-0.25, -0.2) is 0 Å². The summed E-state index contributed by atoms with van der Waals surface area (Å²) in [6, 6.07) is 0.119. The summed E-state index contributed by atoms with van der Waals surface area (Å²) >= 11 is 0. The van der Waals surface area contributed by atoms with Crippen molar-refractivity contribution in [2.75, 3.05) is 21.2 Å².